The monoisotopic (exact) mass is 345 g/mol. The van der Waals surface area contributed by atoms with Crippen LogP contribution in [-0.4, -0.2) is 37.2 Å². The molecule has 2 N–H and O–H groups in total. The molecular formula is C15H20FNO5S. The van der Waals surface area contributed by atoms with E-state index in [1.165, 1.54) is 6.92 Å². The lowest BCUT2D eigenvalue weighted by atomic mass is 10.0. The highest BCUT2D eigenvalue weighted by Crippen LogP contribution is 2.15. The van der Waals surface area contributed by atoms with Crippen LogP contribution in [0, 0.1) is 17.7 Å². The number of nitrogens with one attached hydrogen (secondary N) is 1. The van der Waals surface area contributed by atoms with E-state index in [1.807, 2.05) is 0 Å². The summed E-state index contributed by atoms with van der Waals surface area (Å²) >= 11 is 0. The molecule has 23 heavy (non-hydrogen) atoms. The summed E-state index contributed by atoms with van der Waals surface area (Å²) in [7, 11) is -3.77. The van der Waals surface area contributed by atoms with Gasteiger partial charge in [0.25, 0.3) is 0 Å². The van der Waals surface area contributed by atoms with Gasteiger partial charge in [0.05, 0.1) is 10.6 Å². The topological polar surface area (TPSA) is 101 Å². The van der Waals surface area contributed by atoms with Gasteiger partial charge in [-0.05, 0) is 30.2 Å². The van der Waals surface area contributed by atoms with E-state index >= 15 is 0 Å². The molecule has 1 rings (SSSR count). The summed E-state index contributed by atoms with van der Waals surface area (Å²) in [5, 5.41) is 11.4. The Labute approximate surface area is 134 Å². The highest BCUT2D eigenvalue weighted by molar-refractivity contribution is 7.91. The second kappa shape index (κ2) is 7.54. The van der Waals surface area contributed by atoms with E-state index in [2.05, 4.69) is 5.32 Å². The van der Waals surface area contributed by atoms with Gasteiger partial charge in [-0.3, -0.25) is 4.79 Å². The number of carboxylic acids is 1. The zero-order chi connectivity index (χ0) is 17.8. The van der Waals surface area contributed by atoms with Crippen LogP contribution in [0.2, 0.25) is 0 Å². The Balaban J connectivity index is 2.81. The number of carboxylic acid groups (broad SMARTS) is 1. The van der Waals surface area contributed by atoms with Crippen LogP contribution in [0.5, 0.6) is 0 Å². The molecule has 1 amide bonds. The van der Waals surface area contributed by atoms with Gasteiger partial charge in [-0.2, -0.15) is 0 Å². The summed E-state index contributed by atoms with van der Waals surface area (Å²) in [6.07, 6.45) is 0. The zero-order valence-corrected chi connectivity index (χ0v) is 13.9. The highest BCUT2D eigenvalue weighted by Gasteiger charge is 2.28. The van der Waals surface area contributed by atoms with Gasteiger partial charge in [-0.25, -0.2) is 17.6 Å². The van der Waals surface area contributed by atoms with E-state index in [0.717, 1.165) is 24.3 Å². The third kappa shape index (κ3) is 5.31. The van der Waals surface area contributed by atoms with Crippen molar-refractivity contribution in [2.75, 3.05) is 5.75 Å². The van der Waals surface area contributed by atoms with Gasteiger partial charge in [0.2, 0.25) is 5.91 Å². The first-order valence-electron chi connectivity index (χ1n) is 7.06. The van der Waals surface area contributed by atoms with Crippen LogP contribution in [0.3, 0.4) is 0 Å². The molecule has 0 aromatic heterocycles. The van der Waals surface area contributed by atoms with E-state index in [0.29, 0.717) is 0 Å². The van der Waals surface area contributed by atoms with Crippen molar-refractivity contribution in [2.45, 2.75) is 31.7 Å². The Morgan fingerprint density at radius 1 is 1.17 bits per heavy atom. The molecule has 0 heterocycles. The van der Waals surface area contributed by atoms with Crippen LogP contribution < -0.4 is 5.32 Å². The molecule has 1 unspecified atom stereocenters. The average molecular weight is 345 g/mol. The second-order valence-electron chi connectivity index (χ2n) is 5.70. The Hall–Kier alpha value is -1.96. The van der Waals surface area contributed by atoms with Gasteiger partial charge < -0.3 is 10.4 Å². The minimum Gasteiger partial charge on any atom is -0.480 e. The largest absolute Gasteiger partial charge is 0.480 e. The van der Waals surface area contributed by atoms with Crippen molar-refractivity contribution in [1.82, 2.24) is 5.32 Å². The minimum absolute atomic E-state index is 0.0859. The van der Waals surface area contributed by atoms with Gasteiger partial charge in [0, 0.05) is 5.92 Å². The van der Waals surface area contributed by atoms with E-state index in [1.54, 1.807) is 13.8 Å². The maximum atomic E-state index is 12.8. The van der Waals surface area contributed by atoms with Gasteiger partial charge >= 0.3 is 5.97 Å². The number of rotatable bonds is 7. The fourth-order valence-corrected chi connectivity index (χ4v) is 3.50. The first-order valence-corrected chi connectivity index (χ1v) is 8.71. The summed E-state index contributed by atoms with van der Waals surface area (Å²) in [6.45, 7) is 4.67. The van der Waals surface area contributed by atoms with Crippen molar-refractivity contribution in [3.05, 3.63) is 30.1 Å². The zero-order valence-electron chi connectivity index (χ0n) is 13.1. The van der Waals surface area contributed by atoms with Gasteiger partial charge in [-0.15, -0.1) is 0 Å². The summed E-state index contributed by atoms with van der Waals surface area (Å²) in [6, 6.07) is 3.22. The quantitative estimate of drug-likeness (QED) is 0.729. The number of carbonyl (C=O) groups excluding carboxylic acids is 1. The van der Waals surface area contributed by atoms with E-state index in [9.17, 15) is 22.4 Å². The van der Waals surface area contributed by atoms with Gasteiger partial charge in [0.1, 0.15) is 11.9 Å². The molecule has 8 heteroatoms. The van der Waals surface area contributed by atoms with Crippen LogP contribution >= 0.6 is 0 Å². The highest BCUT2D eigenvalue weighted by atomic mass is 32.2. The Bertz CT molecular complexity index is 670. The molecule has 0 aliphatic heterocycles. The predicted octanol–water partition coefficient (Wildman–Crippen LogP) is 1.46. The third-order valence-electron chi connectivity index (χ3n) is 3.32. The first kappa shape index (κ1) is 19.1. The Morgan fingerprint density at radius 2 is 1.70 bits per heavy atom. The second-order valence-corrected chi connectivity index (χ2v) is 7.74. The molecule has 6 nitrogen and oxygen atoms in total. The lowest BCUT2D eigenvalue weighted by Crippen LogP contribution is -2.47. The van der Waals surface area contributed by atoms with Crippen LogP contribution in [0.15, 0.2) is 29.2 Å². The number of hydrogen-bond donors (Lipinski definition) is 2. The van der Waals surface area contributed by atoms with Crippen LogP contribution in [-0.2, 0) is 19.4 Å². The minimum atomic E-state index is -3.77. The SMILES string of the molecule is CC(CS(=O)(=O)c1ccc(F)cc1)C(=O)N[C@H](C(=O)O)C(C)C. The maximum absolute atomic E-state index is 12.8. The predicted molar refractivity (Wildman–Crippen MR) is 82.0 cm³/mol. The summed E-state index contributed by atoms with van der Waals surface area (Å²) in [4.78, 5) is 23.0. The number of carbonyl (C=O) groups is 2. The molecule has 0 fully saturated rings. The number of hydrogen-bond acceptors (Lipinski definition) is 4. The van der Waals surface area contributed by atoms with Gasteiger partial charge in [0.15, 0.2) is 9.84 Å². The third-order valence-corrected chi connectivity index (χ3v) is 5.25. The Morgan fingerprint density at radius 3 is 2.13 bits per heavy atom. The molecule has 0 saturated carbocycles. The summed E-state index contributed by atoms with van der Waals surface area (Å²) < 4.78 is 37.2. The fraction of sp³-hybridized carbons (Fsp3) is 0.467. The van der Waals surface area contributed by atoms with Crippen molar-refractivity contribution < 1.29 is 27.5 Å². The molecule has 128 valence electrons. The Kier molecular flexibility index (Phi) is 6.26. The van der Waals surface area contributed by atoms with Crippen molar-refractivity contribution in [1.29, 1.82) is 0 Å². The number of aliphatic carboxylic acids is 1. The molecule has 0 spiro atoms. The van der Waals surface area contributed by atoms with Crippen molar-refractivity contribution in [3.8, 4) is 0 Å². The standard InChI is InChI=1S/C15H20FNO5S/c1-9(2)13(15(19)20)17-14(18)10(3)8-23(21,22)12-6-4-11(16)5-7-12/h4-7,9-10,13H,8H2,1-3H3,(H,17,18)(H,19,20)/t10?,13-/m0/s1. The van der Waals surface area contributed by atoms with E-state index in [4.69, 9.17) is 5.11 Å². The molecule has 0 aliphatic rings. The molecule has 0 aliphatic carbocycles. The molecule has 0 radical (unpaired) electrons. The van der Waals surface area contributed by atoms with E-state index < -0.39 is 45.2 Å². The smallest absolute Gasteiger partial charge is 0.326 e. The molecule has 2 atom stereocenters. The number of halogens is 1. The molecular weight excluding hydrogens is 325 g/mol. The normalized spacial score (nSPS) is 14.3. The molecule has 1 aromatic rings. The molecule has 0 saturated heterocycles. The van der Waals surface area contributed by atoms with Crippen LogP contribution in [0.25, 0.3) is 0 Å². The van der Waals surface area contributed by atoms with E-state index in [-0.39, 0.29) is 10.8 Å². The summed E-state index contributed by atoms with van der Waals surface area (Å²) in [5.74, 6) is -4.16. The lowest BCUT2D eigenvalue weighted by molar-refractivity contribution is -0.143. The van der Waals surface area contributed by atoms with Crippen LogP contribution in [0.4, 0.5) is 4.39 Å². The van der Waals surface area contributed by atoms with Crippen LogP contribution in [0.1, 0.15) is 20.8 Å². The summed E-state index contributed by atoms with van der Waals surface area (Å²) in [5.41, 5.74) is 0. The molecule has 1 aromatic carbocycles. The van der Waals surface area contributed by atoms with Crippen molar-refractivity contribution >= 4 is 21.7 Å². The fourth-order valence-electron chi connectivity index (χ4n) is 1.95. The number of sulfone groups is 1. The van der Waals surface area contributed by atoms with Gasteiger partial charge in [-0.1, -0.05) is 20.8 Å². The number of amides is 1. The maximum Gasteiger partial charge on any atom is 0.326 e. The molecule has 0 bridgehead atoms. The van der Waals surface area contributed by atoms with Crippen molar-refractivity contribution in [3.63, 3.8) is 0 Å². The average Bonchev–Trinajstić information content (AvgIpc) is 2.43. The van der Waals surface area contributed by atoms with Crippen molar-refractivity contribution in [2.24, 2.45) is 11.8 Å². The lowest BCUT2D eigenvalue weighted by Gasteiger charge is -2.20. The first-order chi connectivity index (χ1) is 10.5. The number of benzene rings is 1.